The second kappa shape index (κ2) is 8.54. The lowest BCUT2D eigenvalue weighted by Gasteiger charge is -2.07. The van der Waals surface area contributed by atoms with Crippen molar-refractivity contribution in [2.45, 2.75) is 46.5 Å². The fourth-order valence-corrected chi connectivity index (χ4v) is 2.92. The Kier molecular flexibility index (Phi) is 6.69. The highest BCUT2D eigenvalue weighted by Gasteiger charge is 2.16. The summed E-state index contributed by atoms with van der Waals surface area (Å²) >= 11 is 12.1. The van der Waals surface area contributed by atoms with E-state index in [1.165, 1.54) is 0 Å². The van der Waals surface area contributed by atoms with Crippen LogP contribution in [-0.2, 0) is 11.2 Å². The minimum absolute atomic E-state index is 0.0333. The molecule has 0 fully saturated rings. The van der Waals surface area contributed by atoms with E-state index in [-0.39, 0.29) is 5.91 Å². The summed E-state index contributed by atoms with van der Waals surface area (Å²) in [6.07, 6.45) is 3.63. The van der Waals surface area contributed by atoms with Gasteiger partial charge in [0, 0.05) is 17.8 Å². The quantitative estimate of drug-likeness (QED) is 0.724. The molecule has 0 saturated carbocycles. The zero-order valence-corrected chi connectivity index (χ0v) is 15.8. The number of nitrogens with zero attached hydrogens (tertiary/aromatic N) is 2. The van der Waals surface area contributed by atoms with Crippen LogP contribution in [0.2, 0.25) is 10.0 Å². The summed E-state index contributed by atoms with van der Waals surface area (Å²) in [6.45, 7) is 6.75. The smallest absolute Gasteiger partial charge is 0.224 e. The zero-order chi connectivity index (χ0) is 17.7. The normalized spacial score (nSPS) is 10.9. The van der Waals surface area contributed by atoms with Gasteiger partial charge in [-0.2, -0.15) is 5.10 Å². The largest absolute Gasteiger partial charge is 0.356 e. The summed E-state index contributed by atoms with van der Waals surface area (Å²) in [5, 5.41) is 8.51. The van der Waals surface area contributed by atoms with Gasteiger partial charge in [0.2, 0.25) is 5.91 Å². The predicted octanol–water partition coefficient (Wildman–Crippen LogP) is 4.64. The highest BCUT2D eigenvalue weighted by atomic mass is 35.5. The minimum Gasteiger partial charge on any atom is -0.356 e. The molecule has 4 nitrogen and oxygen atoms in total. The summed E-state index contributed by atoms with van der Waals surface area (Å²) in [5.41, 5.74) is 3.57. The van der Waals surface area contributed by atoms with Crippen molar-refractivity contribution in [3.8, 4) is 5.69 Å². The number of hydrogen-bond donors (Lipinski definition) is 1. The van der Waals surface area contributed by atoms with E-state index < -0.39 is 0 Å². The van der Waals surface area contributed by atoms with Gasteiger partial charge in [-0.25, -0.2) is 4.68 Å². The monoisotopic (exact) mass is 367 g/mol. The van der Waals surface area contributed by atoms with Gasteiger partial charge in [0.1, 0.15) is 0 Å². The lowest BCUT2D eigenvalue weighted by molar-refractivity contribution is -0.120. The van der Waals surface area contributed by atoms with Gasteiger partial charge in [0.05, 0.1) is 27.8 Å². The molecule has 0 bridgehead atoms. The van der Waals surface area contributed by atoms with E-state index in [4.69, 9.17) is 23.2 Å². The first kappa shape index (κ1) is 18.8. The molecule has 0 unspecified atom stereocenters. The molecule has 0 atom stereocenters. The van der Waals surface area contributed by atoms with Gasteiger partial charge >= 0.3 is 0 Å². The van der Waals surface area contributed by atoms with Gasteiger partial charge in [-0.15, -0.1) is 0 Å². The van der Waals surface area contributed by atoms with Gasteiger partial charge in [-0.05, 0) is 38.5 Å². The number of nitrogens with one attached hydrogen (secondary N) is 1. The van der Waals surface area contributed by atoms with Gasteiger partial charge in [-0.3, -0.25) is 4.79 Å². The fourth-order valence-electron chi connectivity index (χ4n) is 2.62. The topological polar surface area (TPSA) is 46.9 Å². The van der Waals surface area contributed by atoms with Crippen molar-refractivity contribution in [1.29, 1.82) is 0 Å². The molecule has 0 aliphatic carbocycles. The Morgan fingerprint density at radius 1 is 1.21 bits per heavy atom. The van der Waals surface area contributed by atoms with Crippen molar-refractivity contribution >= 4 is 29.1 Å². The van der Waals surface area contributed by atoms with E-state index in [1.54, 1.807) is 16.8 Å². The molecular formula is C18H23Cl2N3O. The number of aryl methyl sites for hydroxylation is 1. The van der Waals surface area contributed by atoms with Crippen molar-refractivity contribution < 1.29 is 4.79 Å². The van der Waals surface area contributed by atoms with Gasteiger partial charge in [0.25, 0.3) is 0 Å². The van der Waals surface area contributed by atoms with Crippen LogP contribution in [0.15, 0.2) is 18.2 Å². The van der Waals surface area contributed by atoms with Crippen LogP contribution in [0.4, 0.5) is 0 Å². The zero-order valence-electron chi connectivity index (χ0n) is 14.3. The number of unbranched alkanes of at least 4 members (excludes halogenated alkanes) is 2. The third kappa shape index (κ3) is 4.52. The summed E-state index contributed by atoms with van der Waals surface area (Å²) in [6, 6.07) is 5.38. The SMILES string of the molecule is CCCCCNC(=O)Cc1c(C)nn(-c2ccc(Cl)c(Cl)c2)c1C. The van der Waals surface area contributed by atoms with Crippen LogP contribution in [0.5, 0.6) is 0 Å². The molecule has 0 aliphatic rings. The molecule has 6 heteroatoms. The Labute approximate surface area is 153 Å². The molecular weight excluding hydrogens is 345 g/mol. The number of aromatic nitrogens is 2. The number of carbonyl (C=O) groups is 1. The number of halogens is 2. The van der Waals surface area contributed by atoms with Crippen molar-refractivity contribution in [2.75, 3.05) is 6.54 Å². The average Bonchev–Trinajstić information content (AvgIpc) is 2.82. The number of rotatable bonds is 7. The summed E-state index contributed by atoms with van der Waals surface area (Å²) in [4.78, 5) is 12.1. The Morgan fingerprint density at radius 2 is 1.96 bits per heavy atom. The van der Waals surface area contributed by atoms with E-state index in [0.29, 0.717) is 16.5 Å². The number of benzene rings is 1. The Hall–Kier alpha value is -1.52. The molecule has 0 aliphatic heterocycles. The van der Waals surface area contributed by atoms with Crippen molar-refractivity contribution in [3.05, 3.63) is 45.2 Å². The first-order valence-corrected chi connectivity index (χ1v) is 8.96. The van der Waals surface area contributed by atoms with Crippen LogP contribution in [0.25, 0.3) is 5.69 Å². The van der Waals surface area contributed by atoms with Crippen molar-refractivity contribution in [3.63, 3.8) is 0 Å². The number of carbonyl (C=O) groups excluding carboxylic acids is 1. The molecule has 1 N–H and O–H groups in total. The lowest BCUT2D eigenvalue weighted by Crippen LogP contribution is -2.26. The van der Waals surface area contributed by atoms with Crippen LogP contribution in [0.1, 0.15) is 43.1 Å². The highest BCUT2D eigenvalue weighted by molar-refractivity contribution is 6.42. The Balaban J connectivity index is 2.14. The molecule has 0 spiro atoms. The van der Waals surface area contributed by atoms with Gasteiger partial charge in [0.15, 0.2) is 0 Å². The van der Waals surface area contributed by atoms with E-state index in [2.05, 4.69) is 17.3 Å². The standard InChI is InChI=1S/C18H23Cl2N3O/c1-4-5-6-9-21-18(24)11-15-12(2)22-23(13(15)3)14-7-8-16(19)17(20)10-14/h7-8,10H,4-6,9,11H2,1-3H3,(H,21,24). The number of hydrogen-bond acceptors (Lipinski definition) is 2. The summed E-state index contributed by atoms with van der Waals surface area (Å²) in [5.74, 6) is 0.0333. The Bertz CT molecular complexity index is 725. The maximum atomic E-state index is 12.1. The van der Waals surface area contributed by atoms with Crippen LogP contribution in [0.3, 0.4) is 0 Å². The molecule has 0 radical (unpaired) electrons. The second-order valence-electron chi connectivity index (χ2n) is 5.89. The molecule has 0 saturated heterocycles. The predicted molar refractivity (Wildman–Crippen MR) is 99.3 cm³/mol. The Morgan fingerprint density at radius 3 is 2.62 bits per heavy atom. The van der Waals surface area contributed by atoms with Crippen LogP contribution in [0, 0.1) is 13.8 Å². The third-order valence-corrected chi connectivity index (χ3v) is 4.77. The summed E-state index contributed by atoms with van der Waals surface area (Å²) in [7, 11) is 0. The van der Waals surface area contributed by atoms with E-state index in [1.807, 2.05) is 19.9 Å². The van der Waals surface area contributed by atoms with E-state index in [0.717, 1.165) is 48.4 Å². The van der Waals surface area contributed by atoms with E-state index >= 15 is 0 Å². The highest BCUT2D eigenvalue weighted by Crippen LogP contribution is 2.26. The molecule has 24 heavy (non-hydrogen) atoms. The summed E-state index contributed by atoms with van der Waals surface area (Å²) < 4.78 is 1.80. The lowest BCUT2D eigenvalue weighted by atomic mass is 10.1. The maximum absolute atomic E-state index is 12.1. The van der Waals surface area contributed by atoms with Crippen LogP contribution < -0.4 is 5.32 Å². The van der Waals surface area contributed by atoms with Gasteiger partial charge in [-0.1, -0.05) is 43.0 Å². The molecule has 2 aromatic rings. The fraction of sp³-hybridized carbons (Fsp3) is 0.444. The third-order valence-electron chi connectivity index (χ3n) is 4.03. The molecule has 1 aromatic heterocycles. The van der Waals surface area contributed by atoms with E-state index in [9.17, 15) is 4.79 Å². The first-order valence-electron chi connectivity index (χ1n) is 8.21. The second-order valence-corrected chi connectivity index (χ2v) is 6.71. The maximum Gasteiger partial charge on any atom is 0.224 e. The van der Waals surface area contributed by atoms with Crippen molar-refractivity contribution in [1.82, 2.24) is 15.1 Å². The molecule has 130 valence electrons. The molecule has 1 aromatic carbocycles. The molecule has 1 amide bonds. The minimum atomic E-state index is 0.0333. The molecule has 2 rings (SSSR count). The van der Waals surface area contributed by atoms with Crippen molar-refractivity contribution in [2.24, 2.45) is 0 Å². The molecule has 1 heterocycles. The first-order chi connectivity index (χ1) is 11.4. The number of amides is 1. The van der Waals surface area contributed by atoms with Gasteiger partial charge < -0.3 is 5.32 Å². The average molecular weight is 368 g/mol. The van der Waals surface area contributed by atoms with Crippen LogP contribution in [-0.4, -0.2) is 22.2 Å². The van der Waals surface area contributed by atoms with Crippen LogP contribution >= 0.6 is 23.2 Å².